The molecule has 62 valence electrons. The number of aliphatic hydroxyl groups excluding tert-OH is 1. The predicted molar refractivity (Wildman–Crippen MR) is 37.2 cm³/mol. The van der Waals surface area contributed by atoms with Crippen molar-refractivity contribution in [3.63, 3.8) is 0 Å². The molecule has 0 aromatic heterocycles. The molecular weight excluding hydrogens is 146 g/mol. The van der Waals surface area contributed by atoms with Crippen LogP contribution in [0, 0.1) is 17.8 Å². The minimum Gasteiger partial charge on any atom is -0.465 e. The third-order valence-corrected chi connectivity index (χ3v) is 2.85. The summed E-state index contributed by atoms with van der Waals surface area (Å²) in [5.41, 5.74) is 0. The first kappa shape index (κ1) is 6.91. The van der Waals surface area contributed by atoms with Crippen LogP contribution in [0.2, 0.25) is 0 Å². The number of likely N-dealkylation sites (tertiary alicyclic amines) is 1. The van der Waals surface area contributed by atoms with Crippen LogP contribution in [-0.2, 0) is 0 Å². The first-order chi connectivity index (χ1) is 5.24. The maximum Gasteiger partial charge on any atom is 0.407 e. The normalized spacial score (nSPS) is 40.5. The van der Waals surface area contributed by atoms with Crippen molar-refractivity contribution in [3.05, 3.63) is 0 Å². The zero-order chi connectivity index (χ0) is 8.01. The lowest BCUT2D eigenvalue weighted by Gasteiger charge is -2.14. The number of amides is 1. The second kappa shape index (κ2) is 2.11. The van der Waals surface area contributed by atoms with E-state index in [0.29, 0.717) is 30.8 Å². The number of piperidine rings is 1. The Morgan fingerprint density at radius 3 is 2.36 bits per heavy atom. The fourth-order valence-electron chi connectivity index (χ4n) is 2.08. The number of carbonyl (C=O) groups is 1. The minimum atomic E-state index is -0.825. The molecule has 11 heavy (non-hydrogen) atoms. The first-order valence-electron chi connectivity index (χ1n) is 3.82. The second-order valence-corrected chi connectivity index (χ2v) is 3.36. The summed E-state index contributed by atoms with van der Waals surface area (Å²) in [5.74, 6) is 1.30. The predicted octanol–water partition coefficient (Wildman–Crippen LogP) is -0.165. The summed E-state index contributed by atoms with van der Waals surface area (Å²) in [6.45, 7) is 1.49. The number of hydrogen-bond donors (Lipinski definition) is 2. The summed E-state index contributed by atoms with van der Waals surface area (Å²) in [4.78, 5) is 11.9. The van der Waals surface area contributed by atoms with Crippen LogP contribution < -0.4 is 0 Å². The maximum absolute atomic E-state index is 10.4. The molecule has 1 aliphatic heterocycles. The molecule has 0 bridgehead atoms. The number of rotatable bonds is 1. The van der Waals surface area contributed by atoms with Crippen molar-refractivity contribution in [1.82, 2.24) is 4.90 Å². The van der Waals surface area contributed by atoms with Crippen molar-refractivity contribution in [3.8, 4) is 0 Å². The summed E-state index contributed by atoms with van der Waals surface area (Å²) in [5, 5.41) is 17.3. The van der Waals surface area contributed by atoms with Crippen molar-refractivity contribution < 1.29 is 15.0 Å². The van der Waals surface area contributed by atoms with Crippen molar-refractivity contribution in [2.45, 2.75) is 0 Å². The molecule has 1 amide bonds. The summed E-state index contributed by atoms with van der Waals surface area (Å²) < 4.78 is 0. The zero-order valence-electron chi connectivity index (χ0n) is 6.10. The Hall–Kier alpha value is -0.770. The molecule has 0 aromatic carbocycles. The summed E-state index contributed by atoms with van der Waals surface area (Å²) in [6, 6.07) is 0. The Bertz CT molecular complexity index is 182. The molecule has 0 radical (unpaired) electrons. The van der Waals surface area contributed by atoms with Gasteiger partial charge >= 0.3 is 6.09 Å². The van der Waals surface area contributed by atoms with Crippen molar-refractivity contribution >= 4 is 6.09 Å². The van der Waals surface area contributed by atoms with E-state index >= 15 is 0 Å². The highest BCUT2D eigenvalue weighted by atomic mass is 16.4. The van der Waals surface area contributed by atoms with E-state index in [1.807, 2.05) is 0 Å². The van der Waals surface area contributed by atoms with Crippen molar-refractivity contribution in [2.75, 3.05) is 19.7 Å². The van der Waals surface area contributed by atoms with Crippen LogP contribution in [0.25, 0.3) is 0 Å². The van der Waals surface area contributed by atoms with E-state index in [9.17, 15) is 4.79 Å². The summed E-state index contributed by atoms with van der Waals surface area (Å²) in [7, 11) is 0. The van der Waals surface area contributed by atoms with Gasteiger partial charge in [0.15, 0.2) is 0 Å². The molecule has 0 aromatic rings. The number of carboxylic acid groups (broad SMARTS) is 1. The number of nitrogens with zero attached hydrogens (tertiary/aromatic N) is 1. The standard InChI is InChI=1S/C7H11NO3/c9-3-6-4-1-8(7(10)11)2-5(4)6/h4-6,9H,1-3H2,(H,10,11)/t4-,5?,6?/m0/s1. The Labute approximate surface area is 64.4 Å². The average molecular weight is 157 g/mol. The largest absolute Gasteiger partial charge is 0.465 e. The zero-order valence-corrected chi connectivity index (χ0v) is 6.10. The molecule has 2 aliphatic rings. The lowest BCUT2D eigenvalue weighted by Crippen LogP contribution is -2.30. The Balaban J connectivity index is 1.89. The molecule has 4 heteroatoms. The third-order valence-electron chi connectivity index (χ3n) is 2.85. The highest BCUT2D eigenvalue weighted by Gasteiger charge is 2.56. The Kier molecular flexibility index (Phi) is 1.32. The van der Waals surface area contributed by atoms with Crippen molar-refractivity contribution in [2.24, 2.45) is 17.8 Å². The van der Waals surface area contributed by atoms with E-state index in [2.05, 4.69) is 0 Å². The highest BCUT2D eigenvalue weighted by molar-refractivity contribution is 5.65. The Morgan fingerprint density at radius 2 is 2.00 bits per heavy atom. The first-order valence-corrected chi connectivity index (χ1v) is 3.82. The van der Waals surface area contributed by atoms with E-state index < -0.39 is 6.09 Å². The van der Waals surface area contributed by atoms with Crippen LogP contribution in [0.1, 0.15) is 0 Å². The van der Waals surface area contributed by atoms with E-state index in [4.69, 9.17) is 10.2 Å². The van der Waals surface area contributed by atoms with Gasteiger partial charge in [0.2, 0.25) is 0 Å². The fourth-order valence-corrected chi connectivity index (χ4v) is 2.08. The topological polar surface area (TPSA) is 60.8 Å². The molecule has 3 atom stereocenters. The number of fused-ring (bicyclic) bond motifs is 1. The molecule has 2 unspecified atom stereocenters. The van der Waals surface area contributed by atoms with Crippen LogP contribution in [0.3, 0.4) is 0 Å². The van der Waals surface area contributed by atoms with Gasteiger partial charge in [-0.25, -0.2) is 4.79 Å². The molecule has 2 N–H and O–H groups in total. The SMILES string of the molecule is O=C(O)N1CC2C(CO)[C@H]2C1. The Morgan fingerprint density at radius 1 is 1.45 bits per heavy atom. The quantitative estimate of drug-likeness (QED) is 0.555. The van der Waals surface area contributed by atoms with Gasteiger partial charge in [0.05, 0.1) is 0 Å². The molecule has 1 heterocycles. The van der Waals surface area contributed by atoms with Crippen LogP contribution in [0.15, 0.2) is 0 Å². The van der Waals surface area contributed by atoms with Crippen LogP contribution in [0.4, 0.5) is 4.79 Å². The van der Waals surface area contributed by atoms with Gasteiger partial charge < -0.3 is 15.1 Å². The fraction of sp³-hybridized carbons (Fsp3) is 0.857. The third kappa shape index (κ3) is 0.894. The van der Waals surface area contributed by atoms with Crippen LogP contribution in [-0.4, -0.2) is 40.9 Å². The van der Waals surface area contributed by atoms with Gasteiger partial charge in [-0.3, -0.25) is 0 Å². The maximum atomic E-state index is 10.4. The lowest BCUT2D eigenvalue weighted by atomic mass is 10.3. The molecule has 1 aliphatic carbocycles. The van der Waals surface area contributed by atoms with Gasteiger partial charge in [0.25, 0.3) is 0 Å². The number of aliphatic hydroxyl groups is 1. The van der Waals surface area contributed by atoms with Gasteiger partial charge in [-0.1, -0.05) is 0 Å². The second-order valence-electron chi connectivity index (χ2n) is 3.36. The van der Waals surface area contributed by atoms with Gasteiger partial charge in [0, 0.05) is 19.7 Å². The molecular formula is C7H11NO3. The van der Waals surface area contributed by atoms with E-state index in [0.717, 1.165) is 0 Å². The van der Waals surface area contributed by atoms with E-state index in [-0.39, 0.29) is 6.61 Å². The summed E-state index contributed by atoms with van der Waals surface area (Å²) in [6.07, 6.45) is -0.825. The molecule has 2 fully saturated rings. The molecule has 0 spiro atoms. The summed E-state index contributed by atoms with van der Waals surface area (Å²) >= 11 is 0. The van der Waals surface area contributed by atoms with Gasteiger partial charge in [0.1, 0.15) is 0 Å². The number of hydrogen-bond acceptors (Lipinski definition) is 2. The van der Waals surface area contributed by atoms with Crippen LogP contribution >= 0.6 is 0 Å². The monoisotopic (exact) mass is 157 g/mol. The van der Waals surface area contributed by atoms with E-state index in [1.54, 1.807) is 0 Å². The molecule has 1 saturated heterocycles. The van der Waals surface area contributed by atoms with Gasteiger partial charge in [-0.05, 0) is 17.8 Å². The average Bonchev–Trinajstić information content (AvgIpc) is 2.41. The minimum absolute atomic E-state index is 0.225. The molecule has 1 saturated carbocycles. The lowest BCUT2D eigenvalue weighted by molar-refractivity contribution is 0.144. The van der Waals surface area contributed by atoms with Crippen LogP contribution in [0.5, 0.6) is 0 Å². The van der Waals surface area contributed by atoms with Gasteiger partial charge in [-0.15, -0.1) is 0 Å². The molecule has 4 nitrogen and oxygen atoms in total. The smallest absolute Gasteiger partial charge is 0.407 e. The van der Waals surface area contributed by atoms with Gasteiger partial charge in [-0.2, -0.15) is 0 Å². The molecule has 2 rings (SSSR count). The van der Waals surface area contributed by atoms with Crippen molar-refractivity contribution in [1.29, 1.82) is 0 Å². The van der Waals surface area contributed by atoms with E-state index in [1.165, 1.54) is 4.90 Å². The highest BCUT2D eigenvalue weighted by Crippen LogP contribution is 2.51.